The number of aryl methyl sites for hydroxylation is 1. The average Bonchev–Trinajstić information content (AvgIpc) is 3.21. The maximum Gasteiger partial charge on any atom is 0.234 e. The van der Waals surface area contributed by atoms with Crippen molar-refractivity contribution in [2.75, 3.05) is 13.1 Å². The number of nitrogens with two attached hydrogens (primary N) is 1. The molecule has 1 aromatic heterocycles. The molecule has 1 aromatic rings. The highest BCUT2D eigenvalue weighted by atomic mass is 16.1. The molecule has 25 heavy (non-hydrogen) atoms. The van der Waals surface area contributed by atoms with Crippen molar-refractivity contribution in [3.63, 3.8) is 0 Å². The second-order valence-corrected chi connectivity index (χ2v) is 6.65. The number of nitrogens with zero attached hydrogens (tertiary/aromatic N) is 3. The highest BCUT2D eigenvalue weighted by Crippen LogP contribution is 2.30. The normalized spacial score (nSPS) is 26.4. The number of amidine groups is 1. The number of rotatable bonds is 3. The van der Waals surface area contributed by atoms with Crippen LogP contribution in [0.2, 0.25) is 0 Å². The van der Waals surface area contributed by atoms with E-state index in [0.29, 0.717) is 25.3 Å². The number of hydrogen-bond donors (Lipinski definition) is 5. The lowest BCUT2D eigenvalue weighted by Crippen LogP contribution is -2.50. The summed E-state index contributed by atoms with van der Waals surface area (Å²) in [5.41, 5.74) is 11.7. The van der Waals surface area contributed by atoms with Crippen LogP contribution in [0.15, 0.2) is 30.0 Å². The zero-order valence-corrected chi connectivity index (χ0v) is 14.0. The molecule has 9 heteroatoms. The summed E-state index contributed by atoms with van der Waals surface area (Å²) in [6.07, 6.45) is 7.21. The standard InChI is InChI=1S/C16H22N8O/c1-23-8-10(6-20-23)11-7-21-24-14(17)4-13(22-16(11)24)9-2-3-12(15(18)25)19-5-9/h4,6,8-9,12,17,19,21-22H,2-3,5,7H2,1H3,(H2,18,25)/t9-,12-/m0/s1. The van der Waals surface area contributed by atoms with Crippen LogP contribution in [0.5, 0.6) is 0 Å². The Kier molecular flexibility index (Phi) is 3.81. The van der Waals surface area contributed by atoms with Gasteiger partial charge in [0.1, 0.15) is 11.7 Å². The quantitative estimate of drug-likeness (QED) is 0.491. The third kappa shape index (κ3) is 2.81. The second kappa shape index (κ2) is 6.01. The molecular formula is C16H22N8O. The molecule has 3 aliphatic rings. The Bertz CT molecular complexity index is 784. The molecule has 0 aliphatic carbocycles. The Morgan fingerprint density at radius 1 is 1.44 bits per heavy atom. The summed E-state index contributed by atoms with van der Waals surface area (Å²) >= 11 is 0. The molecule has 1 fully saturated rings. The minimum atomic E-state index is -0.301. The topological polar surface area (TPSA) is 124 Å². The highest BCUT2D eigenvalue weighted by Gasteiger charge is 2.34. The molecule has 0 saturated carbocycles. The fourth-order valence-electron chi connectivity index (χ4n) is 3.58. The van der Waals surface area contributed by atoms with Gasteiger partial charge in [-0.05, 0) is 12.8 Å². The highest BCUT2D eigenvalue weighted by molar-refractivity contribution is 5.95. The van der Waals surface area contributed by atoms with Crippen LogP contribution in [0.25, 0.3) is 5.57 Å². The molecule has 4 rings (SSSR count). The Morgan fingerprint density at radius 2 is 2.28 bits per heavy atom. The third-order valence-electron chi connectivity index (χ3n) is 4.97. The number of carbonyl (C=O) groups is 1. The molecule has 0 spiro atoms. The lowest BCUT2D eigenvalue weighted by atomic mass is 9.90. The summed E-state index contributed by atoms with van der Waals surface area (Å²) in [5.74, 6) is 1.21. The molecular weight excluding hydrogens is 320 g/mol. The molecule has 6 N–H and O–H groups in total. The summed E-state index contributed by atoms with van der Waals surface area (Å²) in [7, 11) is 1.89. The van der Waals surface area contributed by atoms with Crippen LogP contribution in [-0.4, -0.2) is 45.7 Å². The van der Waals surface area contributed by atoms with Gasteiger partial charge in [0.05, 0.1) is 12.2 Å². The molecule has 1 saturated heterocycles. The SMILES string of the molecule is Cn1cc(C2=C3NC([C@H]4CC[C@@H](C(N)=O)NC4)=CC(=N)N3NC2)cn1. The Morgan fingerprint density at radius 3 is 2.92 bits per heavy atom. The molecule has 1 amide bonds. The Balaban J connectivity index is 1.57. The maximum absolute atomic E-state index is 11.3. The van der Waals surface area contributed by atoms with E-state index in [2.05, 4.69) is 21.2 Å². The van der Waals surface area contributed by atoms with E-state index in [-0.39, 0.29) is 17.9 Å². The van der Waals surface area contributed by atoms with Crippen LogP contribution in [0, 0.1) is 11.3 Å². The van der Waals surface area contributed by atoms with Crippen LogP contribution in [0.3, 0.4) is 0 Å². The van der Waals surface area contributed by atoms with Gasteiger partial charge in [0.25, 0.3) is 0 Å². The minimum Gasteiger partial charge on any atom is -0.368 e. The Hall–Kier alpha value is -2.65. The molecule has 9 nitrogen and oxygen atoms in total. The predicted molar refractivity (Wildman–Crippen MR) is 92.6 cm³/mol. The summed E-state index contributed by atoms with van der Waals surface area (Å²) in [6, 6.07) is -0.255. The number of aromatic nitrogens is 2. The van der Waals surface area contributed by atoms with Gasteiger partial charge in [-0.15, -0.1) is 0 Å². The van der Waals surface area contributed by atoms with Gasteiger partial charge in [0.15, 0.2) is 0 Å². The van der Waals surface area contributed by atoms with Crippen LogP contribution >= 0.6 is 0 Å². The van der Waals surface area contributed by atoms with E-state index in [9.17, 15) is 4.79 Å². The molecule has 0 radical (unpaired) electrons. The predicted octanol–water partition coefficient (Wildman–Crippen LogP) is -0.773. The van der Waals surface area contributed by atoms with E-state index in [0.717, 1.165) is 29.1 Å². The molecule has 2 atom stereocenters. The lowest BCUT2D eigenvalue weighted by Gasteiger charge is -2.35. The summed E-state index contributed by atoms with van der Waals surface area (Å²) in [4.78, 5) is 11.3. The van der Waals surface area contributed by atoms with Crippen LogP contribution in [0.1, 0.15) is 18.4 Å². The third-order valence-corrected chi connectivity index (χ3v) is 4.97. The molecule has 132 valence electrons. The van der Waals surface area contributed by atoms with Crippen LogP contribution in [0.4, 0.5) is 0 Å². The largest absolute Gasteiger partial charge is 0.368 e. The molecule has 0 aromatic carbocycles. The van der Waals surface area contributed by atoms with E-state index in [1.165, 1.54) is 0 Å². The van der Waals surface area contributed by atoms with Crippen molar-refractivity contribution in [2.24, 2.45) is 18.7 Å². The van der Waals surface area contributed by atoms with Gasteiger partial charge in [0, 0.05) is 55.2 Å². The minimum absolute atomic E-state index is 0.223. The van der Waals surface area contributed by atoms with E-state index < -0.39 is 0 Å². The number of primary amides is 1. The summed E-state index contributed by atoms with van der Waals surface area (Å²) in [5, 5.41) is 21.0. The van der Waals surface area contributed by atoms with Crippen molar-refractivity contribution >= 4 is 17.3 Å². The number of fused-ring (bicyclic) bond motifs is 1. The van der Waals surface area contributed by atoms with E-state index in [4.69, 9.17) is 11.1 Å². The molecule has 0 bridgehead atoms. The van der Waals surface area contributed by atoms with E-state index in [1.807, 2.05) is 25.5 Å². The van der Waals surface area contributed by atoms with Crippen molar-refractivity contribution in [1.82, 2.24) is 30.8 Å². The number of hydrogen-bond acceptors (Lipinski definition) is 6. The zero-order chi connectivity index (χ0) is 17.6. The smallest absolute Gasteiger partial charge is 0.234 e. The number of hydrazine groups is 1. The van der Waals surface area contributed by atoms with Gasteiger partial charge in [-0.2, -0.15) is 5.10 Å². The van der Waals surface area contributed by atoms with Gasteiger partial charge in [-0.1, -0.05) is 0 Å². The fraction of sp³-hybridized carbons (Fsp3) is 0.438. The second-order valence-electron chi connectivity index (χ2n) is 6.65. The Labute approximate surface area is 145 Å². The van der Waals surface area contributed by atoms with Crippen LogP contribution < -0.4 is 21.8 Å². The van der Waals surface area contributed by atoms with Gasteiger partial charge in [-0.3, -0.25) is 14.9 Å². The van der Waals surface area contributed by atoms with Gasteiger partial charge in [0.2, 0.25) is 5.91 Å². The first-order valence-corrected chi connectivity index (χ1v) is 8.38. The number of amides is 1. The van der Waals surface area contributed by atoms with E-state index >= 15 is 0 Å². The van der Waals surface area contributed by atoms with Gasteiger partial charge < -0.3 is 16.4 Å². The first-order valence-electron chi connectivity index (χ1n) is 8.38. The van der Waals surface area contributed by atoms with Crippen LogP contribution in [-0.2, 0) is 11.8 Å². The molecule has 0 unspecified atom stereocenters. The lowest BCUT2D eigenvalue weighted by molar-refractivity contribution is -0.120. The van der Waals surface area contributed by atoms with E-state index in [1.54, 1.807) is 9.69 Å². The van der Waals surface area contributed by atoms with Gasteiger partial charge in [-0.25, -0.2) is 10.4 Å². The zero-order valence-electron chi connectivity index (χ0n) is 14.0. The monoisotopic (exact) mass is 342 g/mol. The van der Waals surface area contributed by atoms with Crippen molar-refractivity contribution < 1.29 is 4.79 Å². The van der Waals surface area contributed by atoms with Crippen molar-refractivity contribution in [3.8, 4) is 0 Å². The average molecular weight is 342 g/mol. The number of nitrogens with one attached hydrogen (secondary N) is 4. The fourth-order valence-corrected chi connectivity index (χ4v) is 3.58. The molecule has 4 heterocycles. The first-order chi connectivity index (χ1) is 12.0. The summed E-state index contributed by atoms with van der Waals surface area (Å²) in [6.45, 7) is 1.31. The number of carbonyl (C=O) groups excluding carboxylic acids is 1. The maximum atomic E-state index is 11.3. The van der Waals surface area contributed by atoms with Crippen molar-refractivity contribution in [2.45, 2.75) is 18.9 Å². The number of piperidine rings is 1. The van der Waals surface area contributed by atoms with Gasteiger partial charge >= 0.3 is 0 Å². The van der Waals surface area contributed by atoms with Crippen molar-refractivity contribution in [1.29, 1.82) is 5.41 Å². The molecule has 3 aliphatic heterocycles. The first kappa shape index (κ1) is 15.9. The van der Waals surface area contributed by atoms with Crippen molar-refractivity contribution in [3.05, 3.63) is 35.6 Å². The summed E-state index contributed by atoms with van der Waals surface area (Å²) < 4.78 is 1.77.